The molecule has 0 heterocycles. The summed E-state index contributed by atoms with van der Waals surface area (Å²) in [6.45, 7) is 21.6. The summed E-state index contributed by atoms with van der Waals surface area (Å²) in [5.74, 6) is 2.76. The Balaban J connectivity index is 2.28. The number of ether oxygens (including phenoxy) is 1. The van der Waals surface area contributed by atoms with Crippen LogP contribution in [0.1, 0.15) is 39.2 Å². The minimum absolute atomic E-state index is 0.597. The number of allylic oxidation sites excluding steroid dienone is 4. The third kappa shape index (κ3) is 4.08. The molecule has 3 unspecified atom stereocenters. The molecule has 3 rings (SSSR count). The Morgan fingerprint density at radius 3 is 2.40 bits per heavy atom. The lowest BCUT2D eigenvalue weighted by Gasteiger charge is -2.42. The maximum absolute atomic E-state index is 6.56. The van der Waals surface area contributed by atoms with E-state index < -0.39 is 16.1 Å². The summed E-state index contributed by atoms with van der Waals surface area (Å²) < 4.78 is 6.56. The highest BCUT2D eigenvalue weighted by molar-refractivity contribution is 6.95. The molecule has 0 spiro atoms. The monoisotopic (exact) mass is 438 g/mol. The van der Waals surface area contributed by atoms with Crippen molar-refractivity contribution >= 4 is 26.5 Å². The minimum atomic E-state index is -1.83. The molecule has 1 nitrogen and oxygen atoms in total. The van der Waals surface area contributed by atoms with Crippen molar-refractivity contribution in [2.24, 2.45) is 11.8 Å². The molecule has 2 aliphatic carbocycles. The van der Waals surface area contributed by atoms with Crippen molar-refractivity contribution in [2.45, 2.75) is 77.8 Å². The largest absolute Gasteiger partial charge is 0.490 e. The Morgan fingerprint density at radius 2 is 1.80 bits per heavy atom. The first-order valence-corrected chi connectivity index (χ1v) is 17.9. The molecule has 3 heteroatoms. The van der Waals surface area contributed by atoms with Crippen molar-refractivity contribution in [1.82, 2.24) is 0 Å². The van der Waals surface area contributed by atoms with E-state index in [1.54, 1.807) is 10.8 Å². The molecule has 1 aromatic rings. The Kier molecular flexibility index (Phi) is 7.03. The number of fused-ring (bicyclic) bond motifs is 1. The molecule has 164 valence electrons. The molecule has 0 bridgehead atoms. The van der Waals surface area contributed by atoms with Gasteiger partial charge in [-0.1, -0.05) is 107 Å². The van der Waals surface area contributed by atoms with Crippen molar-refractivity contribution in [3.8, 4) is 5.75 Å². The summed E-state index contributed by atoms with van der Waals surface area (Å²) in [7, 11) is -3.38. The van der Waals surface area contributed by atoms with E-state index in [0.29, 0.717) is 6.61 Å². The van der Waals surface area contributed by atoms with Gasteiger partial charge in [-0.05, 0) is 47.5 Å². The molecule has 0 radical (unpaired) electrons. The number of hydrogen-bond donors (Lipinski definition) is 0. The van der Waals surface area contributed by atoms with Gasteiger partial charge in [0, 0.05) is 0 Å². The molecular formula is C27H42OSi2. The van der Waals surface area contributed by atoms with E-state index in [1.165, 1.54) is 41.4 Å². The molecule has 1 aromatic carbocycles. The molecule has 0 saturated heterocycles. The second-order valence-electron chi connectivity index (χ2n) is 10.6. The summed E-state index contributed by atoms with van der Waals surface area (Å²) in [4.78, 5) is 0. The lowest BCUT2D eigenvalue weighted by Crippen LogP contribution is -2.55. The number of aryl methyl sites for hydroxylation is 1. The van der Waals surface area contributed by atoms with Gasteiger partial charge in [0.2, 0.25) is 0 Å². The van der Waals surface area contributed by atoms with Gasteiger partial charge in [-0.15, -0.1) is 0 Å². The average molecular weight is 439 g/mol. The smallest absolute Gasteiger partial charge is 0.118 e. The summed E-state index contributed by atoms with van der Waals surface area (Å²) in [6, 6.07) is 7.50. The highest BCUT2D eigenvalue weighted by Gasteiger charge is 2.51. The fraction of sp³-hybridized carbons (Fsp3) is 0.556. The summed E-state index contributed by atoms with van der Waals surface area (Å²) in [5, 5.41) is 3.09. The van der Waals surface area contributed by atoms with Crippen LogP contribution in [0.25, 0.3) is 0 Å². The normalized spacial score (nSPS) is 23.8. The second-order valence-corrected chi connectivity index (χ2v) is 20.5. The molecule has 3 atom stereocenters. The molecule has 0 N–H and O–H groups in total. The van der Waals surface area contributed by atoms with Crippen LogP contribution in [0.2, 0.25) is 37.3 Å². The Morgan fingerprint density at radius 1 is 1.13 bits per heavy atom. The van der Waals surface area contributed by atoms with Crippen LogP contribution in [0.4, 0.5) is 0 Å². The first kappa shape index (κ1) is 23.3. The third-order valence-electron chi connectivity index (χ3n) is 7.68. The predicted molar refractivity (Wildman–Crippen MR) is 139 cm³/mol. The number of rotatable bonds is 8. The second kappa shape index (κ2) is 9.04. The highest BCUT2D eigenvalue weighted by atomic mass is 28.3. The molecule has 0 aliphatic heterocycles. The van der Waals surface area contributed by atoms with Crippen LogP contribution < -0.4 is 15.1 Å². The number of benzene rings is 1. The van der Waals surface area contributed by atoms with Crippen LogP contribution in [0.15, 0.2) is 48.6 Å². The zero-order valence-corrected chi connectivity index (χ0v) is 22.3. The van der Waals surface area contributed by atoms with E-state index >= 15 is 0 Å². The van der Waals surface area contributed by atoms with Crippen LogP contribution in [0.3, 0.4) is 0 Å². The fourth-order valence-electron chi connectivity index (χ4n) is 6.30. The van der Waals surface area contributed by atoms with Crippen LogP contribution in [0, 0.1) is 18.8 Å². The van der Waals surface area contributed by atoms with Gasteiger partial charge in [-0.3, -0.25) is 0 Å². The van der Waals surface area contributed by atoms with Crippen molar-refractivity contribution in [1.29, 1.82) is 0 Å². The summed E-state index contributed by atoms with van der Waals surface area (Å²) in [5.41, 5.74) is 3.89. The number of hydrogen-bond acceptors (Lipinski definition) is 1. The molecule has 30 heavy (non-hydrogen) atoms. The summed E-state index contributed by atoms with van der Waals surface area (Å²) >= 11 is 0. The third-order valence-corrected chi connectivity index (χ3v) is 15.7. The molecule has 2 aliphatic rings. The zero-order chi connectivity index (χ0) is 22.1. The van der Waals surface area contributed by atoms with Crippen molar-refractivity contribution in [3.63, 3.8) is 0 Å². The predicted octanol–water partition coefficient (Wildman–Crippen LogP) is 6.71. The van der Waals surface area contributed by atoms with Crippen molar-refractivity contribution in [3.05, 3.63) is 54.2 Å². The van der Waals surface area contributed by atoms with E-state index in [-0.39, 0.29) is 0 Å². The van der Waals surface area contributed by atoms with Gasteiger partial charge in [-0.2, -0.15) is 0 Å². The lowest BCUT2D eigenvalue weighted by molar-refractivity contribution is 0.368. The van der Waals surface area contributed by atoms with Gasteiger partial charge in [-0.25, -0.2) is 0 Å². The van der Waals surface area contributed by atoms with Crippen molar-refractivity contribution in [2.75, 3.05) is 6.61 Å². The van der Waals surface area contributed by atoms with Crippen LogP contribution in [0.5, 0.6) is 5.75 Å². The molecular weight excluding hydrogens is 396 g/mol. The Bertz CT molecular complexity index is 839. The van der Waals surface area contributed by atoms with E-state index in [4.69, 9.17) is 4.74 Å². The standard InChI is InChI=1S/C27H42OSi2/c1-9-16-28-26-24(29(6,7)8)17-20(4)18-25(26)30(10-2,11-3)27-21(5)19-22-14-12-13-15-23(22)27/h9,12-13,15,17-18,21-22,27H,1,10-11,14,16,19H2,2-8H3. The van der Waals surface area contributed by atoms with E-state index in [2.05, 4.69) is 84.3 Å². The first-order valence-electron chi connectivity index (χ1n) is 12.0. The van der Waals surface area contributed by atoms with Gasteiger partial charge in [0.25, 0.3) is 0 Å². The Labute approximate surface area is 187 Å². The lowest BCUT2D eigenvalue weighted by atomic mass is 9.94. The minimum Gasteiger partial charge on any atom is -0.490 e. The van der Waals surface area contributed by atoms with Gasteiger partial charge in [0.05, 0.1) is 16.1 Å². The maximum atomic E-state index is 6.56. The molecule has 1 saturated carbocycles. The molecule has 0 amide bonds. The van der Waals surface area contributed by atoms with Crippen LogP contribution >= 0.6 is 0 Å². The van der Waals surface area contributed by atoms with Gasteiger partial charge < -0.3 is 4.74 Å². The van der Waals surface area contributed by atoms with Crippen molar-refractivity contribution < 1.29 is 4.74 Å². The SMILES string of the molecule is C=CCOc1c([Si](C)(C)C)cc(C)cc1[Si](CC)(CC)C1C2=CC=CCC2CC1C. The van der Waals surface area contributed by atoms with Crippen LogP contribution in [-0.4, -0.2) is 22.8 Å². The van der Waals surface area contributed by atoms with Gasteiger partial charge >= 0.3 is 0 Å². The zero-order valence-electron chi connectivity index (χ0n) is 20.3. The van der Waals surface area contributed by atoms with Gasteiger partial charge in [0.1, 0.15) is 12.4 Å². The summed E-state index contributed by atoms with van der Waals surface area (Å²) in [6.07, 6.45) is 11.7. The fourth-order valence-corrected chi connectivity index (χ4v) is 13.8. The topological polar surface area (TPSA) is 9.23 Å². The van der Waals surface area contributed by atoms with E-state index in [9.17, 15) is 0 Å². The van der Waals surface area contributed by atoms with E-state index in [1.807, 2.05) is 6.08 Å². The first-order chi connectivity index (χ1) is 14.2. The average Bonchev–Trinajstić information content (AvgIpc) is 3.04. The van der Waals surface area contributed by atoms with Gasteiger partial charge in [0.15, 0.2) is 0 Å². The van der Waals surface area contributed by atoms with Crippen LogP contribution in [-0.2, 0) is 0 Å². The maximum Gasteiger partial charge on any atom is 0.118 e. The Hall–Kier alpha value is -1.33. The highest BCUT2D eigenvalue weighted by Crippen LogP contribution is 2.54. The van der Waals surface area contributed by atoms with E-state index in [0.717, 1.165) is 17.4 Å². The molecule has 1 fully saturated rings. The quantitative estimate of drug-likeness (QED) is 0.323. The molecule has 0 aromatic heterocycles.